The third-order valence-electron chi connectivity index (χ3n) is 4.39. The van der Waals surface area contributed by atoms with Crippen molar-refractivity contribution in [2.45, 2.75) is 26.4 Å². The van der Waals surface area contributed by atoms with Gasteiger partial charge in [-0.2, -0.15) is 5.26 Å². The Bertz CT molecular complexity index is 1290. The summed E-state index contributed by atoms with van der Waals surface area (Å²) >= 11 is 0.823. The van der Waals surface area contributed by atoms with E-state index in [9.17, 15) is 19.2 Å². The van der Waals surface area contributed by atoms with Gasteiger partial charge in [-0.05, 0) is 38.5 Å². The minimum atomic E-state index is -0.919. The van der Waals surface area contributed by atoms with Crippen LogP contribution in [0.4, 0.5) is 24.3 Å². The fourth-order valence-electron chi connectivity index (χ4n) is 3.08. The second kappa shape index (κ2) is 8.43. The van der Waals surface area contributed by atoms with Crippen molar-refractivity contribution < 1.29 is 27.8 Å². The maximum Gasteiger partial charge on any atom is 0.412 e. The Kier molecular flexibility index (Phi) is 6.05. The van der Waals surface area contributed by atoms with Gasteiger partial charge in [-0.25, -0.2) is 18.4 Å². The van der Waals surface area contributed by atoms with Gasteiger partial charge in [0.2, 0.25) is 0 Å². The fourth-order valence-corrected chi connectivity index (χ4v) is 4.14. The van der Waals surface area contributed by atoms with E-state index in [2.05, 4.69) is 10.1 Å². The van der Waals surface area contributed by atoms with Crippen LogP contribution in [0.2, 0.25) is 0 Å². The van der Waals surface area contributed by atoms with Crippen molar-refractivity contribution in [3.8, 4) is 17.2 Å². The number of anilines is 2. The molecule has 0 radical (unpaired) electrons. The lowest BCUT2D eigenvalue weighted by molar-refractivity contribution is 0.0599. The van der Waals surface area contributed by atoms with Crippen molar-refractivity contribution >= 4 is 44.2 Å². The molecule has 32 heavy (non-hydrogen) atoms. The predicted octanol–water partition coefficient (Wildman–Crippen LogP) is 5.43. The number of thiophene rings is 1. The number of hydrogen-bond acceptors (Lipinski definition) is 7. The lowest BCUT2D eigenvalue weighted by atomic mass is 9.96. The number of nitrogens with two attached hydrogens (primary N) is 1. The lowest BCUT2D eigenvalue weighted by Crippen LogP contribution is -2.27. The first-order valence-electron chi connectivity index (χ1n) is 9.30. The summed E-state index contributed by atoms with van der Waals surface area (Å²) in [6.45, 7) is 5.02. The number of nitrogen functional groups attached to an aromatic ring is 1. The monoisotopic (exact) mass is 459 g/mol. The first-order chi connectivity index (χ1) is 15.0. The highest BCUT2D eigenvalue weighted by Crippen LogP contribution is 2.43. The Balaban J connectivity index is 2.21. The quantitative estimate of drug-likeness (QED) is 0.398. The van der Waals surface area contributed by atoms with E-state index >= 15 is 4.39 Å². The number of benzene rings is 2. The third-order valence-corrected chi connectivity index (χ3v) is 5.51. The topological polar surface area (TPSA) is 114 Å². The summed E-state index contributed by atoms with van der Waals surface area (Å²) in [7, 11) is 1.14. The molecule has 1 heterocycles. The van der Waals surface area contributed by atoms with Crippen molar-refractivity contribution in [2.75, 3.05) is 18.2 Å². The number of hydrogen-bond donors (Lipinski definition) is 2. The van der Waals surface area contributed by atoms with Crippen molar-refractivity contribution in [3.63, 3.8) is 0 Å². The molecule has 0 aliphatic heterocycles. The number of carbonyl (C=O) groups is 2. The van der Waals surface area contributed by atoms with Gasteiger partial charge in [-0.1, -0.05) is 12.1 Å². The van der Waals surface area contributed by atoms with E-state index in [1.165, 1.54) is 18.2 Å². The molecule has 10 heteroatoms. The maximum atomic E-state index is 15.1. The van der Waals surface area contributed by atoms with Gasteiger partial charge in [-0.15, -0.1) is 11.3 Å². The highest BCUT2D eigenvalue weighted by Gasteiger charge is 2.25. The van der Waals surface area contributed by atoms with Crippen LogP contribution >= 0.6 is 11.3 Å². The SMILES string of the molecule is COC(=O)c1ccc(-c2ccc(F)c3sc(NC(=O)OC(C)(C)C)c(C#N)c23)c(F)c1N. The first kappa shape index (κ1) is 23.0. The fraction of sp³-hybridized carbons (Fsp3) is 0.227. The highest BCUT2D eigenvalue weighted by atomic mass is 32.1. The minimum Gasteiger partial charge on any atom is -0.465 e. The van der Waals surface area contributed by atoms with Crippen molar-refractivity contribution in [1.29, 1.82) is 5.26 Å². The zero-order valence-corrected chi connectivity index (χ0v) is 18.4. The number of fused-ring (bicyclic) bond motifs is 1. The molecule has 1 amide bonds. The number of ether oxygens (including phenoxy) is 2. The second-order valence-electron chi connectivity index (χ2n) is 7.72. The molecule has 3 N–H and O–H groups in total. The summed E-state index contributed by atoms with van der Waals surface area (Å²) in [5.74, 6) is -2.38. The van der Waals surface area contributed by atoms with Gasteiger partial charge in [0.1, 0.15) is 22.5 Å². The average Bonchev–Trinajstić information content (AvgIpc) is 3.07. The van der Waals surface area contributed by atoms with Crippen LogP contribution in [-0.4, -0.2) is 24.8 Å². The van der Waals surface area contributed by atoms with Gasteiger partial charge in [0.25, 0.3) is 0 Å². The van der Waals surface area contributed by atoms with Crippen LogP contribution in [-0.2, 0) is 9.47 Å². The normalized spacial score (nSPS) is 11.2. The van der Waals surface area contributed by atoms with Crippen LogP contribution in [0, 0.1) is 23.0 Å². The van der Waals surface area contributed by atoms with Gasteiger partial charge in [-0.3, -0.25) is 5.32 Å². The highest BCUT2D eigenvalue weighted by molar-refractivity contribution is 7.23. The summed E-state index contributed by atoms with van der Waals surface area (Å²) in [6, 6.07) is 6.95. The van der Waals surface area contributed by atoms with Crippen molar-refractivity contribution in [1.82, 2.24) is 0 Å². The molecule has 166 valence electrons. The number of amides is 1. The molecule has 3 aromatic rings. The van der Waals surface area contributed by atoms with Crippen LogP contribution in [0.15, 0.2) is 24.3 Å². The lowest BCUT2D eigenvalue weighted by Gasteiger charge is -2.19. The van der Waals surface area contributed by atoms with Gasteiger partial charge >= 0.3 is 12.1 Å². The van der Waals surface area contributed by atoms with E-state index in [1.807, 2.05) is 6.07 Å². The van der Waals surface area contributed by atoms with Crippen LogP contribution in [0.25, 0.3) is 21.2 Å². The molecule has 0 aliphatic rings. The molecule has 0 saturated heterocycles. The van der Waals surface area contributed by atoms with E-state index in [4.69, 9.17) is 10.5 Å². The summed E-state index contributed by atoms with van der Waals surface area (Å²) in [5, 5.41) is 12.4. The molecule has 3 rings (SSSR count). The van der Waals surface area contributed by atoms with E-state index in [0.717, 1.165) is 24.5 Å². The number of rotatable bonds is 3. The molecule has 0 aliphatic carbocycles. The summed E-state index contributed by atoms with van der Waals surface area (Å²) in [5.41, 5.74) is 4.48. The molecule has 7 nitrogen and oxygen atoms in total. The molecule has 1 aromatic heterocycles. The molecule has 0 saturated carbocycles. The van der Waals surface area contributed by atoms with Crippen molar-refractivity contribution in [3.05, 3.63) is 47.0 Å². The molecular weight excluding hydrogens is 440 g/mol. The Morgan fingerprint density at radius 2 is 1.81 bits per heavy atom. The second-order valence-corrected chi connectivity index (χ2v) is 8.74. The Morgan fingerprint density at radius 3 is 2.41 bits per heavy atom. The van der Waals surface area contributed by atoms with Crippen LogP contribution in [0.5, 0.6) is 0 Å². The zero-order chi connectivity index (χ0) is 23.8. The van der Waals surface area contributed by atoms with Crippen LogP contribution in [0.1, 0.15) is 36.7 Å². The Labute approximate surface area is 186 Å². The van der Waals surface area contributed by atoms with E-state index in [1.54, 1.807) is 20.8 Å². The van der Waals surface area contributed by atoms with E-state index in [-0.39, 0.29) is 37.3 Å². The standard InChI is InChI=1S/C22H19F2N3O4S/c1-22(2,3)31-21(29)27-19-13(9-25)15-10(7-8-14(23)18(15)32-19)11-5-6-12(20(28)30-4)17(26)16(11)24/h5-8H,26H2,1-4H3,(H,27,29). The molecule has 2 aromatic carbocycles. The van der Waals surface area contributed by atoms with Crippen molar-refractivity contribution in [2.24, 2.45) is 0 Å². The number of nitrogens with one attached hydrogen (secondary N) is 1. The molecule has 0 fully saturated rings. The van der Waals surface area contributed by atoms with E-state index < -0.39 is 35.0 Å². The number of carbonyl (C=O) groups excluding carboxylic acids is 2. The molecule has 0 atom stereocenters. The number of nitrogens with zero attached hydrogens (tertiary/aromatic N) is 1. The van der Waals surface area contributed by atoms with Crippen LogP contribution in [0.3, 0.4) is 0 Å². The number of nitriles is 1. The Hall–Kier alpha value is -3.71. The molecule has 0 bridgehead atoms. The van der Waals surface area contributed by atoms with E-state index in [0.29, 0.717) is 0 Å². The summed E-state index contributed by atoms with van der Waals surface area (Å²) in [6.07, 6.45) is -0.819. The van der Waals surface area contributed by atoms with Crippen LogP contribution < -0.4 is 11.1 Å². The Morgan fingerprint density at radius 1 is 1.16 bits per heavy atom. The molecule has 0 unspecified atom stereocenters. The number of esters is 1. The smallest absolute Gasteiger partial charge is 0.412 e. The van der Waals surface area contributed by atoms with Gasteiger partial charge in [0.15, 0.2) is 5.82 Å². The largest absolute Gasteiger partial charge is 0.465 e. The maximum absolute atomic E-state index is 15.1. The average molecular weight is 459 g/mol. The molecular formula is C22H19F2N3O4S. The minimum absolute atomic E-state index is 0.0418. The predicted molar refractivity (Wildman–Crippen MR) is 118 cm³/mol. The van der Waals surface area contributed by atoms with Gasteiger partial charge in [0.05, 0.1) is 28.6 Å². The first-order valence-corrected chi connectivity index (χ1v) is 10.1. The number of halogens is 2. The summed E-state index contributed by atoms with van der Waals surface area (Å²) < 4.78 is 39.5. The van der Waals surface area contributed by atoms with Gasteiger partial charge in [0, 0.05) is 10.9 Å². The molecule has 0 spiro atoms. The zero-order valence-electron chi connectivity index (χ0n) is 17.6. The summed E-state index contributed by atoms with van der Waals surface area (Å²) in [4.78, 5) is 24.0. The number of methoxy groups -OCH3 is 1. The third kappa shape index (κ3) is 4.20. The van der Waals surface area contributed by atoms with Gasteiger partial charge < -0.3 is 15.2 Å².